The van der Waals surface area contributed by atoms with E-state index >= 15 is 0 Å². The summed E-state index contributed by atoms with van der Waals surface area (Å²) in [7, 11) is 0. The van der Waals surface area contributed by atoms with Crippen LogP contribution in [0.5, 0.6) is 0 Å². The van der Waals surface area contributed by atoms with Crippen LogP contribution < -0.4 is 5.32 Å². The van der Waals surface area contributed by atoms with E-state index < -0.39 is 4.92 Å². The monoisotopic (exact) mass is 303 g/mol. The highest BCUT2D eigenvalue weighted by molar-refractivity contribution is 7.99. The fourth-order valence-corrected chi connectivity index (χ4v) is 2.92. The first kappa shape index (κ1) is 15.3. The molecule has 0 amide bonds. The van der Waals surface area contributed by atoms with Crippen LogP contribution in [0, 0.1) is 24.0 Å². The van der Waals surface area contributed by atoms with Gasteiger partial charge in [-0.3, -0.25) is 10.1 Å². The number of nitrogens with zero attached hydrogens (tertiary/aromatic N) is 2. The average Bonchev–Trinajstić information content (AvgIpc) is 2.43. The van der Waals surface area contributed by atoms with Crippen molar-refractivity contribution in [1.29, 1.82) is 0 Å². The fraction of sp³-hybridized carbons (Fsp3) is 0.267. The summed E-state index contributed by atoms with van der Waals surface area (Å²) in [6, 6.07) is 9.19. The SMILES string of the molecule is CCNc1ccc([N+](=O)[O-])c(Sc2cc(C)ccc2C)n1. The Morgan fingerprint density at radius 3 is 2.71 bits per heavy atom. The molecule has 0 spiro atoms. The molecule has 0 aliphatic carbocycles. The summed E-state index contributed by atoms with van der Waals surface area (Å²) in [6.07, 6.45) is 0. The molecule has 0 radical (unpaired) electrons. The number of nitrogens with one attached hydrogen (secondary N) is 1. The van der Waals surface area contributed by atoms with E-state index in [0.29, 0.717) is 10.8 Å². The lowest BCUT2D eigenvalue weighted by Crippen LogP contribution is -2.01. The van der Waals surface area contributed by atoms with Gasteiger partial charge in [-0.05, 0) is 44.0 Å². The van der Waals surface area contributed by atoms with E-state index in [4.69, 9.17) is 0 Å². The molecule has 21 heavy (non-hydrogen) atoms. The Bertz CT molecular complexity index is 674. The Kier molecular flexibility index (Phi) is 4.80. The van der Waals surface area contributed by atoms with Gasteiger partial charge >= 0.3 is 5.69 Å². The van der Waals surface area contributed by atoms with Gasteiger partial charge < -0.3 is 5.32 Å². The zero-order chi connectivity index (χ0) is 15.4. The second kappa shape index (κ2) is 6.58. The van der Waals surface area contributed by atoms with Crippen molar-refractivity contribution in [2.75, 3.05) is 11.9 Å². The number of rotatable bonds is 5. The summed E-state index contributed by atoms with van der Waals surface area (Å²) < 4.78 is 0. The molecule has 0 bridgehead atoms. The highest BCUT2D eigenvalue weighted by atomic mass is 32.2. The molecule has 0 unspecified atom stereocenters. The van der Waals surface area contributed by atoms with E-state index in [1.165, 1.54) is 17.8 Å². The largest absolute Gasteiger partial charge is 0.370 e. The second-order valence-corrected chi connectivity index (χ2v) is 5.71. The Morgan fingerprint density at radius 1 is 1.29 bits per heavy atom. The smallest absolute Gasteiger partial charge is 0.301 e. The number of pyridine rings is 1. The molecular formula is C15H17N3O2S. The summed E-state index contributed by atoms with van der Waals surface area (Å²) in [6.45, 7) is 6.67. The Balaban J connectivity index is 2.43. The van der Waals surface area contributed by atoms with E-state index in [-0.39, 0.29) is 5.69 Å². The number of benzene rings is 1. The van der Waals surface area contributed by atoms with Gasteiger partial charge in [0.2, 0.25) is 0 Å². The Hall–Kier alpha value is -2.08. The number of anilines is 1. The molecule has 0 fully saturated rings. The Labute approximate surface area is 127 Å². The first-order valence-electron chi connectivity index (χ1n) is 6.65. The molecule has 2 rings (SSSR count). The number of hydrogen-bond acceptors (Lipinski definition) is 5. The predicted octanol–water partition coefficient (Wildman–Crippen LogP) is 4.19. The summed E-state index contributed by atoms with van der Waals surface area (Å²) >= 11 is 1.33. The summed E-state index contributed by atoms with van der Waals surface area (Å²) in [5.74, 6) is 0.649. The van der Waals surface area contributed by atoms with Crippen molar-refractivity contribution >= 4 is 23.3 Å². The number of nitro groups is 1. The fourth-order valence-electron chi connectivity index (χ4n) is 1.85. The van der Waals surface area contributed by atoms with E-state index in [9.17, 15) is 10.1 Å². The lowest BCUT2D eigenvalue weighted by atomic mass is 10.2. The van der Waals surface area contributed by atoms with Crippen molar-refractivity contribution in [2.45, 2.75) is 30.7 Å². The first-order chi connectivity index (χ1) is 10.0. The quantitative estimate of drug-likeness (QED) is 0.662. The summed E-state index contributed by atoms with van der Waals surface area (Å²) in [5, 5.41) is 14.7. The predicted molar refractivity (Wildman–Crippen MR) is 85.1 cm³/mol. The van der Waals surface area contributed by atoms with Crippen molar-refractivity contribution in [3.05, 3.63) is 51.6 Å². The zero-order valence-corrected chi connectivity index (χ0v) is 13.0. The first-order valence-corrected chi connectivity index (χ1v) is 7.47. The van der Waals surface area contributed by atoms with Gasteiger partial charge in [-0.2, -0.15) is 0 Å². The Morgan fingerprint density at radius 2 is 2.05 bits per heavy atom. The molecule has 0 aliphatic heterocycles. The molecule has 110 valence electrons. The highest BCUT2D eigenvalue weighted by Crippen LogP contribution is 2.36. The minimum absolute atomic E-state index is 0.0301. The van der Waals surface area contributed by atoms with Gasteiger partial charge in [0, 0.05) is 17.5 Å². The zero-order valence-electron chi connectivity index (χ0n) is 12.2. The summed E-state index contributed by atoms with van der Waals surface area (Å²) in [4.78, 5) is 16.1. The van der Waals surface area contributed by atoms with E-state index in [1.54, 1.807) is 6.07 Å². The van der Waals surface area contributed by atoms with Crippen molar-refractivity contribution < 1.29 is 4.92 Å². The third-order valence-electron chi connectivity index (χ3n) is 2.95. The molecule has 1 heterocycles. The van der Waals surface area contributed by atoms with Gasteiger partial charge in [-0.25, -0.2) is 4.98 Å². The maximum absolute atomic E-state index is 11.2. The van der Waals surface area contributed by atoms with Crippen LogP contribution in [-0.2, 0) is 0 Å². The van der Waals surface area contributed by atoms with E-state index in [1.807, 2.05) is 39.0 Å². The van der Waals surface area contributed by atoms with Crippen LogP contribution in [0.1, 0.15) is 18.1 Å². The van der Waals surface area contributed by atoms with Gasteiger partial charge in [-0.15, -0.1) is 0 Å². The minimum atomic E-state index is -0.393. The lowest BCUT2D eigenvalue weighted by Gasteiger charge is -2.08. The average molecular weight is 303 g/mol. The molecule has 5 nitrogen and oxygen atoms in total. The third-order valence-corrected chi connectivity index (χ3v) is 4.10. The topological polar surface area (TPSA) is 68.1 Å². The molecular weight excluding hydrogens is 286 g/mol. The highest BCUT2D eigenvalue weighted by Gasteiger charge is 2.18. The second-order valence-electron chi connectivity index (χ2n) is 4.68. The summed E-state index contributed by atoms with van der Waals surface area (Å²) in [5.41, 5.74) is 2.23. The minimum Gasteiger partial charge on any atom is -0.370 e. The number of aryl methyl sites for hydroxylation is 2. The van der Waals surface area contributed by atoms with Gasteiger partial charge in [0.05, 0.1) is 4.92 Å². The van der Waals surface area contributed by atoms with Crippen LogP contribution in [0.25, 0.3) is 0 Å². The molecule has 6 heteroatoms. The lowest BCUT2D eigenvalue weighted by molar-refractivity contribution is -0.388. The van der Waals surface area contributed by atoms with Crippen LogP contribution in [0.4, 0.5) is 11.5 Å². The molecule has 2 aromatic rings. The number of aromatic nitrogens is 1. The van der Waals surface area contributed by atoms with Crippen LogP contribution in [0.3, 0.4) is 0 Å². The van der Waals surface area contributed by atoms with Gasteiger partial charge in [0.1, 0.15) is 5.82 Å². The van der Waals surface area contributed by atoms with Gasteiger partial charge in [-0.1, -0.05) is 23.9 Å². The standard InChI is InChI=1S/C15H17N3O2S/c1-4-16-14-8-7-12(18(19)20)15(17-14)21-13-9-10(2)5-6-11(13)3/h5-9H,4H2,1-3H3,(H,16,17). The normalized spacial score (nSPS) is 10.4. The molecule has 1 N–H and O–H groups in total. The van der Waals surface area contributed by atoms with Gasteiger partial charge in [0.15, 0.2) is 5.03 Å². The third kappa shape index (κ3) is 3.72. The van der Waals surface area contributed by atoms with Crippen molar-refractivity contribution in [3.8, 4) is 0 Å². The molecule has 1 aromatic heterocycles. The van der Waals surface area contributed by atoms with Crippen molar-refractivity contribution in [2.24, 2.45) is 0 Å². The molecule has 0 saturated carbocycles. The molecule has 0 saturated heterocycles. The van der Waals surface area contributed by atoms with Gasteiger partial charge in [0.25, 0.3) is 0 Å². The maximum atomic E-state index is 11.2. The van der Waals surface area contributed by atoms with Crippen LogP contribution in [-0.4, -0.2) is 16.5 Å². The molecule has 1 aromatic carbocycles. The number of hydrogen-bond donors (Lipinski definition) is 1. The molecule has 0 atom stereocenters. The van der Waals surface area contributed by atoms with Crippen LogP contribution >= 0.6 is 11.8 Å². The molecule has 0 aliphatic rings. The van der Waals surface area contributed by atoms with Crippen molar-refractivity contribution in [3.63, 3.8) is 0 Å². The van der Waals surface area contributed by atoms with E-state index in [0.717, 1.165) is 22.6 Å². The van der Waals surface area contributed by atoms with Crippen molar-refractivity contribution in [1.82, 2.24) is 4.98 Å². The van der Waals surface area contributed by atoms with Crippen LogP contribution in [0.2, 0.25) is 0 Å². The van der Waals surface area contributed by atoms with Crippen LogP contribution in [0.15, 0.2) is 40.3 Å². The van der Waals surface area contributed by atoms with E-state index in [2.05, 4.69) is 10.3 Å². The maximum Gasteiger partial charge on any atom is 0.301 e.